The van der Waals surface area contributed by atoms with E-state index >= 15 is 0 Å². The third kappa shape index (κ3) is 3.71. The highest BCUT2D eigenvalue weighted by Gasteiger charge is 2.28. The van der Waals surface area contributed by atoms with Crippen LogP contribution in [0.25, 0.3) is 0 Å². The third-order valence-corrected chi connectivity index (χ3v) is 5.32. The lowest BCUT2D eigenvalue weighted by atomic mass is 9.84. The van der Waals surface area contributed by atoms with Gasteiger partial charge in [-0.05, 0) is 58.5 Å². The Kier molecular flexibility index (Phi) is 5.50. The fourth-order valence-corrected chi connectivity index (χ4v) is 3.93. The molecule has 2 fully saturated rings. The third-order valence-electron chi connectivity index (χ3n) is 5.32. The molecule has 2 nitrogen and oxygen atoms in total. The minimum Gasteiger partial charge on any atom is -0.314 e. The van der Waals surface area contributed by atoms with Gasteiger partial charge >= 0.3 is 0 Å². The molecule has 0 aromatic carbocycles. The first kappa shape index (κ1) is 14.3. The number of hydrogen-bond acceptors (Lipinski definition) is 2. The Labute approximate surface area is 114 Å². The molecule has 1 saturated carbocycles. The van der Waals surface area contributed by atoms with E-state index < -0.39 is 0 Å². The van der Waals surface area contributed by atoms with E-state index in [2.05, 4.69) is 31.1 Å². The van der Waals surface area contributed by atoms with Gasteiger partial charge in [-0.25, -0.2) is 0 Å². The zero-order valence-electron chi connectivity index (χ0n) is 12.6. The van der Waals surface area contributed by atoms with E-state index in [0.717, 1.165) is 24.0 Å². The number of piperidine rings is 1. The summed E-state index contributed by atoms with van der Waals surface area (Å²) in [5.41, 5.74) is 0. The molecule has 1 N–H and O–H groups in total. The molecule has 0 aromatic rings. The van der Waals surface area contributed by atoms with E-state index in [9.17, 15) is 0 Å². The van der Waals surface area contributed by atoms with E-state index in [1.54, 1.807) is 0 Å². The molecule has 4 atom stereocenters. The summed E-state index contributed by atoms with van der Waals surface area (Å²) in [4.78, 5) is 2.68. The van der Waals surface area contributed by atoms with Crippen molar-refractivity contribution in [2.75, 3.05) is 13.6 Å². The van der Waals surface area contributed by atoms with Gasteiger partial charge in [0.1, 0.15) is 0 Å². The van der Waals surface area contributed by atoms with E-state index in [1.165, 1.54) is 57.9 Å². The topological polar surface area (TPSA) is 15.3 Å². The van der Waals surface area contributed by atoms with Gasteiger partial charge in [0.05, 0.1) is 0 Å². The molecule has 1 aliphatic heterocycles. The van der Waals surface area contributed by atoms with Crippen LogP contribution in [0.5, 0.6) is 0 Å². The van der Waals surface area contributed by atoms with Gasteiger partial charge in [0.2, 0.25) is 0 Å². The van der Waals surface area contributed by atoms with Gasteiger partial charge in [-0.1, -0.05) is 26.2 Å². The SMILES string of the molecule is CC1CCCCC1N(C)C(C)CC1CCCCN1. The lowest BCUT2D eigenvalue weighted by Crippen LogP contribution is -2.47. The lowest BCUT2D eigenvalue weighted by molar-refractivity contribution is 0.0923. The van der Waals surface area contributed by atoms with Gasteiger partial charge in [0, 0.05) is 18.1 Å². The molecule has 2 aliphatic rings. The molecule has 106 valence electrons. The number of rotatable bonds is 4. The lowest BCUT2D eigenvalue weighted by Gasteiger charge is -2.41. The van der Waals surface area contributed by atoms with Crippen LogP contribution in [-0.2, 0) is 0 Å². The molecule has 4 unspecified atom stereocenters. The molecule has 0 amide bonds. The highest BCUT2D eigenvalue weighted by atomic mass is 15.2. The normalized spacial score (nSPS) is 35.7. The molecule has 0 aromatic heterocycles. The molecule has 18 heavy (non-hydrogen) atoms. The molecule has 1 aliphatic carbocycles. The first-order valence-electron chi connectivity index (χ1n) is 8.14. The largest absolute Gasteiger partial charge is 0.314 e. The van der Waals surface area contributed by atoms with E-state index in [1.807, 2.05) is 0 Å². The summed E-state index contributed by atoms with van der Waals surface area (Å²) >= 11 is 0. The van der Waals surface area contributed by atoms with E-state index in [0.29, 0.717) is 0 Å². The van der Waals surface area contributed by atoms with Crippen molar-refractivity contribution in [3.8, 4) is 0 Å². The summed E-state index contributed by atoms with van der Waals surface area (Å²) in [7, 11) is 2.36. The highest BCUT2D eigenvalue weighted by molar-refractivity contribution is 4.84. The van der Waals surface area contributed by atoms with Crippen molar-refractivity contribution < 1.29 is 0 Å². The van der Waals surface area contributed by atoms with Crippen molar-refractivity contribution in [1.82, 2.24) is 10.2 Å². The van der Waals surface area contributed by atoms with Crippen LogP contribution in [-0.4, -0.2) is 36.6 Å². The van der Waals surface area contributed by atoms with Crippen molar-refractivity contribution in [2.45, 2.75) is 83.3 Å². The summed E-state index contributed by atoms with van der Waals surface area (Å²) < 4.78 is 0. The van der Waals surface area contributed by atoms with E-state index in [-0.39, 0.29) is 0 Å². The molecule has 0 bridgehead atoms. The Balaban J connectivity index is 1.81. The second kappa shape index (κ2) is 6.91. The molecular weight excluding hydrogens is 220 g/mol. The fraction of sp³-hybridized carbons (Fsp3) is 1.00. The number of nitrogens with one attached hydrogen (secondary N) is 1. The second-order valence-corrected chi connectivity index (χ2v) is 6.73. The molecule has 2 heteroatoms. The molecule has 0 spiro atoms. The number of hydrogen-bond donors (Lipinski definition) is 1. The summed E-state index contributed by atoms with van der Waals surface area (Å²) in [6, 6.07) is 2.33. The maximum absolute atomic E-state index is 3.69. The van der Waals surface area contributed by atoms with Crippen molar-refractivity contribution in [2.24, 2.45) is 5.92 Å². The van der Waals surface area contributed by atoms with E-state index in [4.69, 9.17) is 0 Å². The Morgan fingerprint density at radius 2 is 1.83 bits per heavy atom. The Hall–Kier alpha value is -0.0800. The van der Waals surface area contributed by atoms with Crippen LogP contribution < -0.4 is 5.32 Å². The fourth-order valence-electron chi connectivity index (χ4n) is 3.93. The monoisotopic (exact) mass is 252 g/mol. The van der Waals surface area contributed by atoms with Crippen molar-refractivity contribution in [1.29, 1.82) is 0 Å². The number of nitrogens with zero attached hydrogens (tertiary/aromatic N) is 1. The molecule has 1 heterocycles. The van der Waals surface area contributed by atoms with Crippen LogP contribution in [0.3, 0.4) is 0 Å². The Morgan fingerprint density at radius 3 is 2.50 bits per heavy atom. The van der Waals surface area contributed by atoms with Crippen LogP contribution in [0.1, 0.15) is 65.2 Å². The zero-order chi connectivity index (χ0) is 13.0. The average molecular weight is 252 g/mol. The second-order valence-electron chi connectivity index (χ2n) is 6.73. The standard InChI is InChI=1S/C16H32N2/c1-13-8-4-5-10-16(13)18(3)14(2)12-15-9-6-7-11-17-15/h13-17H,4-12H2,1-3H3. The zero-order valence-corrected chi connectivity index (χ0v) is 12.6. The smallest absolute Gasteiger partial charge is 0.0121 e. The highest BCUT2D eigenvalue weighted by Crippen LogP contribution is 2.29. The predicted molar refractivity (Wildman–Crippen MR) is 78.9 cm³/mol. The molecular formula is C16H32N2. The quantitative estimate of drug-likeness (QED) is 0.825. The van der Waals surface area contributed by atoms with Crippen LogP contribution in [0.2, 0.25) is 0 Å². The van der Waals surface area contributed by atoms with Gasteiger partial charge < -0.3 is 10.2 Å². The summed E-state index contributed by atoms with van der Waals surface area (Å²) in [5, 5.41) is 3.69. The summed E-state index contributed by atoms with van der Waals surface area (Å²) in [6.45, 7) is 6.12. The van der Waals surface area contributed by atoms with Gasteiger partial charge in [-0.15, -0.1) is 0 Å². The van der Waals surface area contributed by atoms with Crippen LogP contribution in [0.4, 0.5) is 0 Å². The van der Waals surface area contributed by atoms with Crippen molar-refractivity contribution >= 4 is 0 Å². The van der Waals surface area contributed by atoms with Gasteiger partial charge in [-0.3, -0.25) is 0 Å². The maximum atomic E-state index is 3.69. The first-order chi connectivity index (χ1) is 8.68. The minimum atomic E-state index is 0.728. The molecule has 2 rings (SSSR count). The summed E-state index contributed by atoms with van der Waals surface area (Å²) in [6.07, 6.45) is 11.3. The maximum Gasteiger partial charge on any atom is 0.0121 e. The van der Waals surface area contributed by atoms with Crippen molar-refractivity contribution in [3.05, 3.63) is 0 Å². The van der Waals surface area contributed by atoms with Crippen LogP contribution in [0, 0.1) is 5.92 Å². The minimum absolute atomic E-state index is 0.728. The Bertz CT molecular complexity index is 235. The van der Waals surface area contributed by atoms with Crippen molar-refractivity contribution in [3.63, 3.8) is 0 Å². The molecule has 0 radical (unpaired) electrons. The van der Waals surface area contributed by atoms with Gasteiger partial charge in [0.25, 0.3) is 0 Å². The van der Waals surface area contributed by atoms with Gasteiger partial charge in [0.15, 0.2) is 0 Å². The first-order valence-corrected chi connectivity index (χ1v) is 8.14. The Morgan fingerprint density at radius 1 is 1.11 bits per heavy atom. The summed E-state index contributed by atoms with van der Waals surface area (Å²) in [5.74, 6) is 0.894. The average Bonchev–Trinajstić information content (AvgIpc) is 2.39. The predicted octanol–water partition coefficient (Wildman–Crippen LogP) is 3.42. The molecule has 1 saturated heterocycles. The van der Waals surface area contributed by atoms with Gasteiger partial charge in [-0.2, -0.15) is 0 Å². The van der Waals surface area contributed by atoms with Crippen LogP contribution in [0.15, 0.2) is 0 Å². The van der Waals surface area contributed by atoms with Crippen LogP contribution >= 0.6 is 0 Å².